The van der Waals surface area contributed by atoms with E-state index in [-0.39, 0.29) is 18.2 Å². The molecule has 0 saturated heterocycles. The van der Waals surface area contributed by atoms with Crippen LogP contribution in [-0.4, -0.2) is 29.9 Å². The van der Waals surface area contributed by atoms with Gasteiger partial charge in [-0.25, -0.2) is 9.59 Å². The van der Waals surface area contributed by atoms with Gasteiger partial charge in [0.15, 0.2) is 0 Å². The molecule has 5 nitrogen and oxygen atoms in total. The summed E-state index contributed by atoms with van der Waals surface area (Å²) in [5.41, 5.74) is -1.10. The summed E-state index contributed by atoms with van der Waals surface area (Å²) >= 11 is 0. The van der Waals surface area contributed by atoms with Crippen LogP contribution in [0.5, 0.6) is 0 Å². The molecule has 3 aliphatic carbocycles. The molecule has 0 atom stereocenters. The summed E-state index contributed by atoms with van der Waals surface area (Å²) in [7, 11) is 0. The fourth-order valence-corrected chi connectivity index (χ4v) is 3.24. The predicted molar refractivity (Wildman–Crippen MR) is 74.8 cm³/mol. The molecule has 3 rings (SSSR count). The van der Waals surface area contributed by atoms with Crippen molar-refractivity contribution in [1.82, 2.24) is 0 Å². The summed E-state index contributed by atoms with van der Waals surface area (Å²) in [5.74, 6) is -0.368. The van der Waals surface area contributed by atoms with Gasteiger partial charge in [-0.1, -0.05) is 6.42 Å². The first-order chi connectivity index (χ1) is 10.2. The third-order valence-corrected chi connectivity index (χ3v) is 4.68. The molecular weight excluding hydrogens is 272 g/mol. The van der Waals surface area contributed by atoms with Gasteiger partial charge in [-0.15, -0.1) is 0 Å². The van der Waals surface area contributed by atoms with E-state index in [0.29, 0.717) is 12.8 Å². The van der Waals surface area contributed by atoms with Crippen LogP contribution in [0.3, 0.4) is 0 Å². The Kier molecular flexibility index (Phi) is 4.36. The highest BCUT2D eigenvalue weighted by Gasteiger charge is 2.47. The lowest BCUT2D eigenvalue weighted by Gasteiger charge is -2.34. The molecule has 0 heterocycles. The van der Waals surface area contributed by atoms with Crippen LogP contribution in [0.15, 0.2) is 0 Å². The van der Waals surface area contributed by atoms with E-state index in [1.54, 1.807) is 0 Å². The molecule has 0 unspecified atom stereocenters. The third-order valence-electron chi connectivity index (χ3n) is 4.68. The molecule has 0 aliphatic heterocycles. The molecule has 3 saturated carbocycles. The number of esters is 1. The van der Waals surface area contributed by atoms with Crippen molar-refractivity contribution in [2.75, 3.05) is 0 Å². The maximum Gasteiger partial charge on any atom is 0.509 e. The van der Waals surface area contributed by atoms with Crippen molar-refractivity contribution >= 4 is 12.1 Å². The average Bonchev–Trinajstić information content (AvgIpc) is 3.14. The molecule has 0 N–H and O–H groups in total. The number of ether oxygens (including phenoxy) is 3. The molecule has 0 aromatic rings. The Balaban J connectivity index is 1.60. The van der Waals surface area contributed by atoms with Crippen molar-refractivity contribution in [2.45, 2.75) is 88.4 Å². The fourth-order valence-electron chi connectivity index (χ4n) is 3.24. The molecule has 0 amide bonds. The minimum absolute atomic E-state index is 0.0331. The number of carbonyl (C=O) groups is 2. The maximum atomic E-state index is 12.4. The van der Waals surface area contributed by atoms with Crippen LogP contribution in [-0.2, 0) is 19.0 Å². The van der Waals surface area contributed by atoms with Gasteiger partial charge in [0.25, 0.3) is 0 Å². The Bertz CT molecular complexity index is 389. The summed E-state index contributed by atoms with van der Waals surface area (Å²) in [6.07, 6.45) is 9.06. The maximum absolute atomic E-state index is 12.4. The largest absolute Gasteiger partial charge is 0.509 e. The van der Waals surface area contributed by atoms with E-state index < -0.39 is 11.8 Å². The normalized spacial score (nSPS) is 25.3. The molecular formula is C16H24O5. The Morgan fingerprint density at radius 3 is 2.00 bits per heavy atom. The zero-order valence-corrected chi connectivity index (χ0v) is 12.5. The van der Waals surface area contributed by atoms with E-state index in [0.717, 1.165) is 57.8 Å². The summed E-state index contributed by atoms with van der Waals surface area (Å²) in [4.78, 5) is 24.4. The number of hydrogen-bond acceptors (Lipinski definition) is 5. The van der Waals surface area contributed by atoms with Crippen LogP contribution in [0, 0.1) is 0 Å². The third kappa shape index (κ3) is 3.69. The van der Waals surface area contributed by atoms with Crippen molar-refractivity contribution < 1.29 is 23.8 Å². The highest BCUT2D eigenvalue weighted by molar-refractivity contribution is 5.82. The lowest BCUT2D eigenvalue weighted by atomic mass is 9.84. The predicted octanol–water partition coefficient (Wildman–Crippen LogP) is 3.49. The fraction of sp³-hybridized carbons (Fsp3) is 0.875. The van der Waals surface area contributed by atoms with Gasteiger partial charge in [0, 0.05) is 0 Å². The first kappa shape index (κ1) is 14.7. The smallest absolute Gasteiger partial charge is 0.459 e. The van der Waals surface area contributed by atoms with Crippen molar-refractivity contribution in [3.05, 3.63) is 0 Å². The van der Waals surface area contributed by atoms with Gasteiger partial charge < -0.3 is 14.2 Å². The average molecular weight is 296 g/mol. The quantitative estimate of drug-likeness (QED) is 0.743. The lowest BCUT2D eigenvalue weighted by molar-refractivity contribution is -0.174. The number of rotatable bonds is 4. The number of carbonyl (C=O) groups excluding carboxylic acids is 2. The zero-order valence-electron chi connectivity index (χ0n) is 12.5. The second kappa shape index (κ2) is 6.24. The van der Waals surface area contributed by atoms with E-state index in [1.165, 1.54) is 0 Å². The van der Waals surface area contributed by atoms with Crippen LogP contribution in [0.4, 0.5) is 4.79 Å². The van der Waals surface area contributed by atoms with Crippen molar-refractivity contribution in [1.29, 1.82) is 0 Å². The molecule has 118 valence electrons. The molecule has 0 spiro atoms. The molecule has 21 heavy (non-hydrogen) atoms. The van der Waals surface area contributed by atoms with Gasteiger partial charge in [-0.05, 0) is 64.2 Å². The zero-order chi connectivity index (χ0) is 14.7. The Morgan fingerprint density at radius 2 is 1.38 bits per heavy atom. The molecule has 5 heteroatoms. The molecule has 0 bridgehead atoms. The molecule has 0 aromatic carbocycles. The second-order valence-electron chi connectivity index (χ2n) is 6.54. The van der Waals surface area contributed by atoms with Gasteiger partial charge in [0.05, 0.1) is 0 Å². The van der Waals surface area contributed by atoms with Gasteiger partial charge in [-0.3, -0.25) is 0 Å². The van der Waals surface area contributed by atoms with Crippen LogP contribution >= 0.6 is 0 Å². The van der Waals surface area contributed by atoms with Gasteiger partial charge in [-0.2, -0.15) is 0 Å². The minimum Gasteiger partial charge on any atom is -0.459 e. The number of hydrogen-bond donors (Lipinski definition) is 0. The SMILES string of the molecule is O=C(OC1CCCC1)OC1(C(=O)OC2CC2)CCCCC1. The van der Waals surface area contributed by atoms with Crippen molar-refractivity contribution in [2.24, 2.45) is 0 Å². The van der Waals surface area contributed by atoms with Crippen LogP contribution in [0.1, 0.15) is 70.6 Å². The van der Waals surface area contributed by atoms with Gasteiger partial charge >= 0.3 is 12.1 Å². The second-order valence-corrected chi connectivity index (χ2v) is 6.54. The van der Waals surface area contributed by atoms with Gasteiger partial charge in [0.2, 0.25) is 5.60 Å². The van der Waals surface area contributed by atoms with Crippen LogP contribution < -0.4 is 0 Å². The van der Waals surface area contributed by atoms with E-state index in [1.807, 2.05) is 0 Å². The minimum atomic E-state index is -1.10. The summed E-state index contributed by atoms with van der Waals surface area (Å²) in [6, 6.07) is 0. The summed E-state index contributed by atoms with van der Waals surface area (Å²) in [5, 5.41) is 0. The molecule has 3 aliphatic rings. The van der Waals surface area contributed by atoms with Crippen LogP contribution in [0.2, 0.25) is 0 Å². The van der Waals surface area contributed by atoms with E-state index >= 15 is 0 Å². The molecule has 0 radical (unpaired) electrons. The topological polar surface area (TPSA) is 61.8 Å². The highest BCUT2D eigenvalue weighted by Crippen LogP contribution is 2.36. The van der Waals surface area contributed by atoms with E-state index in [9.17, 15) is 9.59 Å². The Labute approximate surface area is 125 Å². The monoisotopic (exact) mass is 296 g/mol. The first-order valence-electron chi connectivity index (χ1n) is 8.29. The summed E-state index contributed by atoms with van der Waals surface area (Å²) in [6.45, 7) is 0. The van der Waals surface area contributed by atoms with Gasteiger partial charge in [0.1, 0.15) is 12.2 Å². The first-order valence-corrected chi connectivity index (χ1v) is 8.29. The van der Waals surface area contributed by atoms with Crippen LogP contribution in [0.25, 0.3) is 0 Å². The standard InChI is InChI=1S/C16H24O5/c17-14(19-13-8-9-13)16(10-4-1-5-11-16)21-15(18)20-12-6-2-3-7-12/h12-13H,1-11H2. The lowest BCUT2D eigenvalue weighted by Crippen LogP contribution is -2.46. The Morgan fingerprint density at radius 1 is 0.762 bits per heavy atom. The van der Waals surface area contributed by atoms with E-state index in [4.69, 9.17) is 14.2 Å². The van der Waals surface area contributed by atoms with Crippen molar-refractivity contribution in [3.63, 3.8) is 0 Å². The molecule has 3 fully saturated rings. The van der Waals surface area contributed by atoms with Crippen molar-refractivity contribution in [3.8, 4) is 0 Å². The Hall–Kier alpha value is -1.26. The molecule has 0 aromatic heterocycles. The summed E-state index contributed by atoms with van der Waals surface area (Å²) < 4.78 is 16.2. The highest BCUT2D eigenvalue weighted by atomic mass is 16.7. The van der Waals surface area contributed by atoms with E-state index in [2.05, 4.69) is 0 Å².